The Labute approximate surface area is 152 Å². The number of benzene rings is 2. The van der Waals surface area contributed by atoms with E-state index in [1.165, 1.54) is 33.4 Å². The molecule has 1 aliphatic heterocycles. The van der Waals surface area contributed by atoms with Gasteiger partial charge in [0.1, 0.15) is 18.5 Å². The molecule has 1 aliphatic rings. The lowest BCUT2D eigenvalue weighted by Crippen LogP contribution is -2.07. The monoisotopic (exact) mass is 338 g/mol. The minimum Gasteiger partial charge on any atom is -0.490 e. The van der Waals surface area contributed by atoms with Crippen molar-refractivity contribution in [3.63, 3.8) is 0 Å². The molecule has 0 spiro atoms. The molecule has 2 aromatic rings. The Morgan fingerprint density at radius 2 is 1.44 bits per heavy atom. The van der Waals surface area contributed by atoms with Gasteiger partial charge in [0.05, 0.1) is 6.61 Å². The van der Waals surface area contributed by atoms with E-state index < -0.39 is 0 Å². The van der Waals surface area contributed by atoms with E-state index in [-0.39, 0.29) is 6.10 Å². The average Bonchev–Trinajstić information content (AvgIpc) is 3.49. The summed E-state index contributed by atoms with van der Waals surface area (Å²) in [7, 11) is 0. The SMILES string of the molecule is CCc1cc(CC)cc(-c2cc(CC)cc(CC)c2OCC2CO2)c1. The van der Waals surface area contributed by atoms with Gasteiger partial charge in [0.2, 0.25) is 0 Å². The summed E-state index contributed by atoms with van der Waals surface area (Å²) in [6, 6.07) is 11.6. The summed E-state index contributed by atoms with van der Waals surface area (Å²) in [6.07, 6.45) is 4.41. The third kappa shape index (κ3) is 4.24. The minimum absolute atomic E-state index is 0.275. The van der Waals surface area contributed by atoms with Crippen molar-refractivity contribution in [3.05, 3.63) is 52.6 Å². The molecule has 2 aromatic carbocycles. The Balaban J connectivity index is 2.11. The normalized spacial score (nSPS) is 16.1. The molecular weight excluding hydrogens is 308 g/mol. The van der Waals surface area contributed by atoms with Crippen molar-refractivity contribution in [3.8, 4) is 16.9 Å². The van der Waals surface area contributed by atoms with E-state index in [2.05, 4.69) is 58.0 Å². The van der Waals surface area contributed by atoms with Gasteiger partial charge >= 0.3 is 0 Å². The molecule has 134 valence electrons. The Kier molecular flexibility index (Phi) is 5.80. The van der Waals surface area contributed by atoms with Crippen LogP contribution in [0.15, 0.2) is 30.3 Å². The number of hydrogen-bond acceptors (Lipinski definition) is 2. The van der Waals surface area contributed by atoms with Gasteiger partial charge in [0.25, 0.3) is 0 Å². The molecule has 0 radical (unpaired) electrons. The van der Waals surface area contributed by atoms with Crippen molar-refractivity contribution < 1.29 is 9.47 Å². The highest BCUT2D eigenvalue weighted by Crippen LogP contribution is 2.37. The molecule has 1 saturated heterocycles. The van der Waals surface area contributed by atoms with Gasteiger partial charge in [-0.1, -0.05) is 52.0 Å². The molecule has 0 bridgehead atoms. The fraction of sp³-hybridized carbons (Fsp3) is 0.478. The Bertz CT molecular complexity index is 707. The first-order valence-corrected chi connectivity index (χ1v) is 9.71. The lowest BCUT2D eigenvalue weighted by molar-refractivity contribution is 0.262. The third-order valence-corrected chi connectivity index (χ3v) is 5.01. The van der Waals surface area contributed by atoms with Crippen LogP contribution in [0.4, 0.5) is 0 Å². The second-order valence-electron chi connectivity index (χ2n) is 6.85. The molecule has 0 saturated carbocycles. The van der Waals surface area contributed by atoms with Crippen molar-refractivity contribution >= 4 is 0 Å². The quantitative estimate of drug-likeness (QED) is 0.603. The Morgan fingerprint density at radius 3 is 1.96 bits per heavy atom. The van der Waals surface area contributed by atoms with Crippen LogP contribution in [0.2, 0.25) is 0 Å². The fourth-order valence-electron chi connectivity index (χ4n) is 3.27. The highest BCUT2D eigenvalue weighted by molar-refractivity contribution is 5.74. The third-order valence-electron chi connectivity index (χ3n) is 5.01. The standard InChI is InChI=1S/C23H30O2/c1-5-16-9-17(6-2)12-20(11-16)22-13-18(7-3)10-19(8-4)23(22)25-15-21-14-24-21/h9-13,21H,5-8,14-15H2,1-4H3. The summed E-state index contributed by atoms with van der Waals surface area (Å²) in [5.74, 6) is 1.05. The van der Waals surface area contributed by atoms with Crippen LogP contribution in [-0.2, 0) is 30.4 Å². The number of ether oxygens (including phenoxy) is 2. The van der Waals surface area contributed by atoms with Gasteiger partial charge in [-0.2, -0.15) is 0 Å². The predicted octanol–water partition coefficient (Wildman–Crippen LogP) is 5.38. The van der Waals surface area contributed by atoms with Crippen molar-refractivity contribution in [1.82, 2.24) is 0 Å². The maximum atomic E-state index is 6.26. The van der Waals surface area contributed by atoms with Crippen LogP contribution in [-0.4, -0.2) is 19.3 Å². The first kappa shape index (κ1) is 18.0. The van der Waals surface area contributed by atoms with Crippen LogP contribution >= 0.6 is 0 Å². The number of hydrogen-bond donors (Lipinski definition) is 0. The maximum Gasteiger partial charge on any atom is 0.130 e. The Hall–Kier alpha value is -1.80. The molecule has 0 aromatic heterocycles. The number of rotatable bonds is 8. The summed E-state index contributed by atoms with van der Waals surface area (Å²) < 4.78 is 11.6. The van der Waals surface area contributed by atoms with E-state index in [0.717, 1.165) is 38.0 Å². The van der Waals surface area contributed by atoms with Gasteiger partial charge in [0.15, 0.2) is 0 Å². The average molecular weight is 338 g/mol. The number of epoxide rings is 1. The Morgan fingerprint density at radius 1 is 0.840 bits per heavy atom. The number of aryl methyl sites for hydroxylation is 4. The zero-order valence-electron chi connectivity index (χ0n) is 16.0. The van der Waals surface area contributed by atoms with Gasteiger partial charge in [-0.15, -0.1) is 0 Å². The zero-order chi connectivity index (χ0) is 17.8. The molecule has 1 fully saturated rings. The lowest BCUT2D eigenvalue weighted by atomic mass is 9.93. The largest absolute Gasteiger partial charge is 0.490 e. The molecule has 0 amide bonds. The first-order valence-electron chi connectivity index (χ1n) is 9.71. The van der Waals surface area contributed by atoms with Crippen LogP contribution in [0.5, 0.6) is 5.75 Å². The van der Waals surface area contributed by atoms with Crippen molar-refractivity contribution in [1.29, 1.82) is 0 Å². The molecule has 2 nitrogen and oxygen atoms in total. The second kappa shape index (κ2) is 8.05. The summed E-state index contributed by atoms with van der Waals surface area (Å²) in [4.78, 5) is 0. The smallest absolute Gasteiger partial charge is 0.130 e. The van der Waals surface area contributed by atoms with E-state index in [4.69, 9.17) is 9.47 Å². The van der Waals surface area contributed by atoms with Crippen LogP contribution < -0.4 is 4.74 Å². The van der Waals surface area contributed by atoms with Crippen LogP contribution in [0, 0.1) is 0 Å². The highest BCUT2D eigenvalue weighted by atomic mass is 16.6. The second-order valence-corrected chi connectivity index (χ2v) is 6.85. The van der Waals surface area contributed by atoms with Crippen LogP contribution in [0.1, 0.15) is 49.9 Å². The van der Waals surface area contributed by atoms with Gasteiger partial charge in [-0.25, -0.2) is 0 Å². The molecule has 25 heavy (non-hydrogen) atoms. The molecular formula is C23H30O2. The lowest BCUT2D eigenvalue weighted by Gasteiger charge is -2.18. The maximum absolute atomic E-state index is 6.26. The van der Waals surface area contributed by atoms with Gasteiger partial charge in [-0.3, -0.25) is 0 Å². The molecule has 0 aliphatic carbocycles. The van der Waals surface area contributed by atoms with Crippen molar-refractivity contribution in [2.75, 3.05) is 13.2 Å². The first-order chi connectivity index (χ1) is 12.2. The van der Waals surface area contributed by atoms with Crippen molar-refractivity contribution in [2.45, 2.75) is 59.5 Å². The topological polar surface area (TPSA) is 21.8 Å². The zero-order valence-corrected chi connectivity index (χ0v) is 16.0. The van der Waals surface area contributed by atoms with E-state index in [1.807, 2.05) is 0 Å². The van der Waals surface area contributed by atoms with Crippen molar-refractivity contribution in [2.24, 2.45) is 0 Å². The molecule has 2 heteroatoms. The molecule has 1 atom stereocenters. The van der Waals surface area contributed by atoms with E-state index >= 15 is 0 Å². The summed E-state index contributed by atoms with van der Waals surface area (Å²) in [5.41, 5.74) is 7.99. The van der Waals surface area contributed by atoms with Gasteiger partial charge in [-0.05, 0) is 59.6 Å². The summed E-state index contributed by atoms with van der Waals surface area (Å²) >= 11 is 0. The minimum atomic E-state index is 0.275. The molecule has 3 rings (SSSR count). The highest BCUT2D eigenvalue weighted by Gasteiger charge is 2.24. The van der Waals surface area contributed by atoms with Crippen LogP contribution in [0.25, 0.3) is 11.1 Å². The van der Waals surface area contributed by atoms with Gasteiger partial charge in [0, 0.05) is 5.56 Å². The molecule has 1 unspecified atom stereocenters. The fourth-order valence-corrected chi connectivity index (χ4v) is 3.27. The van der Waals surface area contributed by atoms with E-state index in [0.29, 0.717) is 6.61 Å². The van der Waals surface area contributed by atoms with Crippen LogP contribution in [0.3, 0.4) is 0 Å². The predicted molar refractivity (Wildman–Crippen MR) is 105 cm³/mol. The van der Waals surface area contributed by atoms with E-state index in [1.54, 1.807) is 0 Å². The summed E-state index contributed by atoms with van der Waals surface area (Å²) in [6.45, 7) is 10.4. The summed E-state index contributed by atoms with van der Waals surface area (Å²) in [5, 5.41) is 0. The molecule has 0 N–H and O–H groups in total. The van der Waals surface area contributed by atoms with Gasteiger partial charge < -0.3 is 9.47 Å². The van der Waals surface area contributed by atoms with E-state index in [9.17, 15) is 0 Å². The molecule has 1 heterocycles.